The minimum Gasteiger partial charge on any atom is -0.477 e. The summed E-state index contributed by atoms with van der Waals surface area (Å²) < 4.78 is 0. The molecule has 0 spiro atoms. The maximum atomic E-state index is 10.8. The second-order valence-electron chi connectivity index (χ2n) is 3.19. The molecule has 1 aromatic rings. The van der Waals surface area contributed by atoms with Gasteiger partial charge in [-0.15, -0.1) is 0 Å². The predicted molar refractivity (Wildman–Crippen MR) is 58.3 cm³/mol. The first-order valence-electron chi connectivity index (χ1n) is 4.77. The van der Waals surface area contributed by atoms with Gasteiger partial charge in [0.1, 0.15) is 5.69 Å². The van der Waals surface area contributed by atoms with Crippen LogP contribution in [0.25, 0.3) is 0 Å². The summed E-state index contributed by atoms with van der Waals surface area (Å²) in [4.78, 5) is 26.8. The molecule has 1 amide bonds. The second kappa shape index (κ2) is 5.11. The van der Waals surface area contributed by atoms with Crippen molar-refractivity contribution in [2.45, 2.75) is 6.92 Å². The number of carboxylic acid groups (broad SMARTS) is 1. The Hall–Kier alpha value is -2.11. The molecule has 86 valence electrons. The number of aromatic carboxylic acids is 1. The number of amides is 1. The zero-order valence-electron chi connectivity index (χ0n) is 8.88. The molecule has 0 aliphatic rings. The molecule has 6 heteroatoms. The van der Waals surface area contributed by atoms with E-state index < -0.39 is 11.9 Å². The summed E-state index contributed by atoms with van der Waals surface area (Å²) >= 11 is 0. The van der Waals surface area contributed by atoms with E-state index in [1.165, 1.54) is 12.3 Å². The van der Waals surface area contributed by atoms with Gasteiger partial charge in [-0.2, -0.15) is 0 Å². The number of pyridine rings is 1. The van der Waals surface area contributed by atoms with Gasteiger partial charge in [-0.25, -0.2) is 9.78 Å². The van der Waals surface area contributed by atoms with E-state index in [0.717, 1.165) is 0 Å². The van der Waals surface area contributed by atoms with Crippen molar-refractivity contribution in [3.8, 4) is 0 Å². The minimum absolute atomic E-state index is 0.0288. The van der Waals surface area contributed by atoms with Crippen molar-refractivity contribution in [1.82, 2.24) is 4.98 Å². The first-order chi connectivity index (χ1) is 7.54. The quantitative estimate of drug-likeness (QED) is 0.737. The Morgan fingerprint density at radius 1 is 1.50 bits per heavy atom. The van der Waals surface area contributed by atoms with Crippen LogP contribution in [0.3, 0.4) is 0 Å². The van der Waals surface area contributed by atoms with Gasteiger partial charge in [0, 0.05) is 6.54 Å². The van der Waals surface area contributed by atoms with Crippen LogP contribution in [0.1, 0.15) is 17.4 Å². The van der Waals surface area contributed by atoms with Gasteiger partial charge in [-0.05, 0) is 19.1 Å². The van der Waals surface area contributed by atoms with Crippen LogP contribution >= 0.6 is 0 Å². The zero-order valence-corrected chi connectivity index (χ0v) is 8.88. The average Bonchev–Trinajstić information content (AvgIpc) is 2.25. The number of carboxylic acids is 1. The molecular weight excluding hydrogens is 210 g/mol. The Bertz CT molecular complexity index is 389. The monoisotopic (exact) mass is 223 g/mol. The Morgan fingerprint density at radius 2 is 2.19 bits per heavy atom. The van der Waals surface area contributed by atoms with Crippen molar-refractivity contribution in [2.75, 3.05) is 18.0 Å². The topological polar surface area (TPSA) is 96.5 Å². The van der Waals surface area contributed by atoms with E-state index in [1.54, 1.807) is 11.0 Å². The molecule has 1 aromatic heterocycles. The van der Waals surface area contributed by atoms with E-state index in [0.29, 0.717) is 12.2 Å². The van der Waals surface area contributed by atoms with Crippen LogP contribution in [0.5, 0.6) is 0 Å². The van der Waals surface area contributed by atoms with Crippen molar-refractivity contribution >= 4 is 17.6 Å². The molecule has 0 bridgehead atoms. The molecule has 0 aliphatic carbocycles. The Morgan fingerprint density at radius 3 is 2.56 bits per heavy atom. The summed E-state index contributed by atoms with van der Waals surface area (Å²) in [5.41, 5.74) is 5.73. The molecule has 0 saturated carbocycles. The SMILES string of the molecule is CCN(CC(N)=O)c1ccc(C(=O)O)nc1. The van der Waals surface area contributed by atoms with Crippen LogP contribution in [0.4, 0.5) is 5.69 Å². The number of carbonyl (C=O) groups is 2. The molecule has 1 heterocycles. The Balaban J connectivity index is 2.86. The number of hydrogen-bond acceptors (Lipinski definition) is 4. The van der Waals surface area contributed by atoms with Gasteiger partial charge in [0.2, 0.25) is 5.91 Å². The summed E-state index contributed by atoms with van der Waals surface area (Å²) in [6, 6.07) is 2.99. The van der Waals surface area contributed by atoms with Crippen LogP contribution in [0, 0.1) is 0 Å². The summed E-state index contributed by atoms with van der Waals surface area (Å²) in [6.45, 7) is 2.55. The second-order valence-corrected chi connectivity index (χ2v) is 3.19. The summed E-state index contributed by atoms with van der Waals surface area (Å²) in [5, 5.41) is 8.67. The van der Waals surface area contributed by atoms with Gasteiger partial charge >= 0.3 is 5.97 Å². The number of likely N-dealkylation sites (N-methyl/N-ethyl adjacent to an activating group) is 1. The maximum absolute atomic E-state index is 10.8. The maximum Gasteiger partial charge on any atom is 0.354 e. The molecule has 1 rings (SSSR count). The predicted octanol–water partition coefficient (Wildman–Crippen LogP) is 0.0914. The van der Waals surface area contributed by atoms with E-state index in [1.807, 2.05) is 6.92 Å². The molecule has 0 unspecified atom stereocenters. The Kier molecular flexibility index (Phi) is 3.82. The van der Waals surface area contributed by atoms with Crippen molar-refractivity contribution in [2.24, 2.45) is 5.73 Å². The highest BCUT2D eigenvalue weighted by atomic mass is 16.4. The fraction of sp³-hybridized carbons (Fsp3) is 0.300. The summed E-state index contributed by atoms with van der Waals surface area (Å²) in [7, 11) is 0. The number of anilines is 1. The van der Waals surface area contributed by atoms with E-state index in [2.05, 4.69) is 4.98 Å². The van der Waals surface area contributed by atoms with Crippen LogP contribution in [0.2, 0.25) is 0 Å². The number of hydrogen-bond donors (Lipinski definition) is 2. The van der Waals surface area contributed by atoms with Crippen LogP contribution in [0.15, 0.2) is 18.3 Å². The lowest BCUT2D eigenvalue weighted by molar-refractivity contribution is -0.116. The lowest BCUT2D eigenvalue weighted by Gasteiger charge is -2.20. The third kappa shape index (κ3) is 2.94. The lowest BCUT2D eigenvalue weighted by atomic mass is 10.3. The smallest absolute Gasteiger partial charge is 0.354 e. The van der Waals surface area contributed by atoms with Gasteiger partial charge in [0.05, 0.1) is 18.4 Å². The number of aromatic nitrogens is 1. The highest BCUT2D eigenvalue weighted by molar-refractivity contribution is 5.85. The zero-order chi connectivity index (χ0) is 12.1. The van der Waals surface area contributed by atoms with Crippen LogP contribution in [-0.4, -0.2) is 35.1 Å². The lowest BCUT2D eigenvalue weighted by Crippen LogP contribution is -2.33. The molecular formula is C10H13N3O3. The van der Waals surface area contributed by atoms with E-state index in [4.69, 9.17) is 10.8 Å². The number of nitrogens with zero attached hydrogens (tertiary/aromatic N) is 2. The minimum atomic E-state index is -1.08. The fourth-order valence-corrected chi connectivity index (χ4v) is 1.27. The summed E-state index contributed by atoms with van der Waals surface area (Å²) in [6.07, 6.45) is 1.41. The van der Waals surface area contributed by atoms with Crippen LogP contribution < -0.4 is 10.6 Å². The van der Waals surface area contributed by atoms with Crippen molar-refractivity contribution in [3.63, 3.8) is 0 Å². The molecule has 6 nitrogen and oxygen atoms in total. The van der Waals surface area contributed by atoms with Crippen molar-refractivity contribution in [3.05, 3.63) is 24.0 Å². The number of nitrogens with two attached hydrogens (primary N) is 1. The highest BCUT2D eigenvalue weighted by Gasteiger charge is 2.09. The van der Waals surface area contributed by atoms with Gasteiger partial charge in [-0.3, -0.25) is 4.79 Å². The third-order valence-electron chi connectivity index (χ3n) is 2.06. The molecule has 16 heavy (non-hydrogen) atoms. The molecule has 0 atom stereocenters. The molecule has 3 N–H and O–H groups in total. The van der Waals surface area contributed by atoms with Gasteiger partial charge in [0.25, 0.3) is 0 Å². The number of carbonyl (C=O) groups excluding carboxylic acids is 1. The normalized spacial score (nSPS) is 9.81. The van der Waals surface area contributed by atoms with E-state index in [9.17, 15) is 9.59 Å². The van der Waals surface area contributed by atoms with Gasteiger partial charge in [-0.1, -0.05) is 0 Å². The third-order valence-corrected chi connectivity index (χ3v) is 2.06. The first kappa shape index (κ1) is 12.0. The standard InChI is InChI=1S/C10H13N3O3/c1-2-13(6-9(11)14)7-3-4-8(10(15)16)12-5-7/h3-5H,2,6H2,1H3,(H2,11,14)(H,15,16). The molecule has 0 fully saturated rings. The number of rotatable bonds is 5. The molecule has 0 saturated heterocycles. The van der Waals surface area contributed by atoms with Gasteiger partial charge in [0.15, 0.2) is 0 Å². The average molecular weight is 223 g/mol. The first-order valence-corrected chi connectivity index (χ1v) is 4.77. The number of primary amides is 1. The van der Waals surface area contributed by atoms with Crippen LogP contribution in [-0.2, 0) is 4.79 Å². The van der Waals surface area contributed by atoms with Gasteiger partial charge < -0.3 is 15.7 Å². The van der Waals surface area contributed by atoms with E-state index in [-0.39, 0.29) is 12.2 Å². The molecule has 0 radical (unpaired) electrons. The Labute approximate surface area is 92.7 Å². The molecule has 0 aliphatic heterocycles. The fourth-order valence-electron chi connectivity index (χ4n) is 1.27. The molecule has 0 aromatic carbocycles. The van der Waals surface area contributed by atoms with Crippen molar-refractivity contribution in [1.29, 1.82) is 0 Å². The van der Waals surface area contributed by atoms with Crippen molar-refractivity contribution < 1.29 is 14.7 Å². The largest absolute Gasteiger partial charge is 0.477 e. The highest BCUT2D eigenvalue weighted by Crippen LogP contribution is 2.12. The summed E-state index contributed by atoms with van der Waals surface area (Å²) in [5.74, 6) is -1.52. The van der Waals surface area contributed by atoms with E-state index >= 15 is 0 Å².